The summed E-state index contributed by atoms with van der Waals surface area (Å²) in [6.45, 7) is 8.20. The Morgan fingerprint density at radius 2 is 2.05 bits per heavy atom. The third-order valence-electron chi connectivity index (χ3n) is 2.34. The average molecular weight is 280 g/mol. The number of anilines is 2. The number of pyridine rings is 1. The van der Waals surface area contributed by atoms with E-state index < -0.39 is 0 Å². The number of hydrogen-bond donors (Lipinski definition) is 3. The van der Waals surface area contributed by atoms with Gasteiger partial charge in [-0.1, -0.05) is 0 Å². The van der Waals surface area contributed by atoms with Crippen molar-refractivity contribution in [3.63, 3.8) is 0 Å². The second-order valence-corrected chi connectivity index (χ2v) is 5.16. The van der Waals surface area contributed by atoms with Gasteiger partial charge in [0.05, 0.1) is 11.8 Å². The number of hydrogen-bond acceptors (Lipinski definition) is 5. The maximum Gasteiger partial charge on any atom is 0.239 e. The molecule has 1 aromatic rings. The summed E-state index contributed by atoms with van der Waals surface area (Å²) >= 11 is 0. The molecule has 4 N–H and O–H groups in total. The van der Waals surface area contributed by atoms with Crippen LogP contribution in [0.5, 0.6) is 5.88 Å². The molecule has 6 nitrogen and oxygen atoms in total. The first kappa shape index (κ1) is 16.1. The summed E-state index contributed by atoms with van der Waals surface area (Å²) < 4.78 is 5.51. The van der Waals surface area contributed by atoms with Crippen molar-refractivity contribution >= 4 is 17.4 Å². The molecule has 1 amide bonds. The fourth-order valence-corrected chi connectivity index (χ4v) is 1.57. The van der Waals surface area contributed by atoms with Gasteiger partial charge in [-0.15, -0.1) is 0 Å². The lowest BCUT2D eigenvalue weighted by Crippen LogP contribution is -2.31. The molecule has 1 heterocycles. The number of aromatic nitrogens is 1. The van der Waals surface area contributed by atoms with E-state index in [2.05, 4.69) is 15.6 Å². The summed E-state index contributed by atoms with van der Waals surface area (Å²) in [5.41, 5.74) is 6.29. The van der Waals surface area contributed by atoms with Crippen molar-refractivity contribution in [2.24, 2.45) is 0 Å². The van der Waals surface area contributed by atoms with Crippen molar-refractivity contribution in [1.82, 2.24) is 10.3 Å². The molecule has 0 spiro atoms. The van der Waals surface area contributed by atoms with Crippen LogP contribution >= 0.6 is 0 Å². The van der Waals surface area contributed by atoms with Crippen LogP contribution in [0.15, 0.2) is 12.1 Å². The van der Waals surface area contributed by atoms with Gasteiger partial charge in [0.25, 0.3) is 0 Å². The first-order valence-electron chi connectivity index (χ1n) is 6.85. The van der Waals surface area contributed by atoms with E-state index in [4.69, 9.17) is 10.5 Å². The Kier molecular flexibility index (Phi) is 6.09. The Labute approximate surface area is 120 Å². The van der Waals surface area contributed by atoms with Crippen LogP contribution in [0, 0.1) is 0 Å². The molecule has 0 saturated carbocycles. The summed E-state index contributed by atoms with van der Waals surface area (Å²) in [6, 6.07) is 3.66. The Balaban J connectivity index is 2.50. The molecule has 1 aromatic heterocycles. The average Bonchev–Trinajstić information content (AvgIpc) is 2.31. The van der Waals surface area contributed by atoms with Gasteiger partial charge >= 0.3 is 0 Å². The fraction of sp³-hybridized carbons (Fsp3) is 0.571. The molecule has 1 rings (SSSR count). The van der Waals surface area contributed by atoms with E-state index in [-0.39, 0.29) is 18.1 Å². The molecule has 0 fully saturated rings. The largest absolute Gasteiger partial charge is 0.473 e. The van der Waals surface area contributed by atoms with Crippen LogP contribution in [0.4, 0.5) is 11.5 Å². The predicted molar refractivity (Wildman–Crippen MR) is 80.8 cm³/mol. The highest BCUT2D eigenvalue weighted by Gasteiger charge is 2.07. The van der Waals surface area contributed by atoms with Gasteiger partial charge in [-0.05, 0) is 39.8 Å². The van der Waals surface area contributed by atoms with Gasteiger partial charge in [0.2, 0.25) is 11.8 Å². The number of carbonyl (C=O) groups is 1. The highest BCUT2D eigenvalue weighted by molar-refractivity contribution is 5.76. The summed E-state index contributed by atoms with van der Waals surface area (Å²) in [4.78, 5) is 15.8. The number of nitrogens with two attached hydrogens (primary N) is 1. The molecule has 112 valence electrons. The first-order valence-corrected chi connectivity index (χ1v) is 6.85. The van der Waals surface area contributed by atoms with Crippen LogP contribution in [0.2, 0.25) is 0 Å². The minimum Gasteiger partial charge on any atom is -0.473 e. The van der Waals surface area contributed by atoms with Gasteiger partial charge in [-0.25, -0.2) is 0 Å². The summed E-state index contributed by atoms with van der Waals surface area (Å²) in [5.74, 6) is 1.07. The highest BCUT2D eigenvalue weighted by atomic mass is 16.5. The Morgan fingerprint density at radius 3 is 2.65 bits per heavy atom. The zero-order valence-electron chi connectivity index (χ0n) is 12.6. The number of carbonyl (C=O) groups excluding carboxylic acids is 1. The molecule has 0 aromatic carbocycles. The molecular formula is C14H24N4O2. The number of rotatable bonds is 7. The lowest BCUT2D eigenvalue weighted by molar-refractivity contribution is -0.121. The van der Waals surface area contributed by atoms with Gasteiger partial charge in [0, 0.05) is 19.0 Å². The third-order valence-corrected chi connectivity index (χ3v) is 2.34. The number of nitrogens with one attached hydrogen (secondary N) is 2. The molecular weight excluding hydrogens is 256 g/mol. The maximum absolute atomic E-state index is 11.5. The molecule has 20 heavy (non-hydrogen) atoms. The van der Waals surface area contributed by atoms with Crippen LogP contribution in [0.3, 0.4) is 0 Å². The molecule has 0 bridgehead atoms. The second-order valence-electron chi connectivity index (χ2n) is 5.16. The van der Waals surface area contributed by atoms with Crippen LogP contribution in [0.25, 0.3) is 0 Å². The fourth-order valence-electron chi connectivity index (χ4n) is 1.57. The van der Waals surface area contributed by atoms with Gasteiger partial charge in [0.1, 0.15) is 5.82 Å². The lowest BCUT2D eigenvalue weighted by atomic mass is 10.3. The predicted octanol–water partition coefficient (Wildman–Crippen LogP) is 1.78. The number of amides is 1. The van der Waals surface area contributed by atoms with Crippen LogP contribution in [-0.2, 0) is 4.79 Å². The molecule has 0 saturated heterocycles. The molecule has 0 aliphatic carbocycles. The molecule has 0 aliphatic heterocycles. The molecule has 0 aliphatic rings. The topological polar surface area (TPSA) is 89.3 Å². The minimum atomic E-state index is 0.0110. The van der Waals surface area contributed by atoms with Crippen molar-refractivity contribution in [3.8, 4) is 5.88 Å². The SMILES string of the molecule is CC(C)NC(=O)CCNc1ccc(N)c(OC(C)C)n1. The van der Waals surface area contributed by atoms with Gasteiger partial charge < -0.3 is 21.1 Å². The van der Waals surface area contributed by atoms with E-state index in [1.54, 1.807) is 12.1 Å². The minimum absolute atomic E-state index is 0.0110. The van der Waals surface area contributed by atoms with E-state index in [1.165, 1.54) is 0 Å². The van der Waals surface area contributed by atoms with Crippen LogP contribution in [0.1, 0.15) is 34.1 Å². The Hall–Kier alpha value is -1.98. The van der Waals surface area contributed by atoms with Crippen LogP contribution < -0.4 is 21.1 Å². The van der Waals surface area contributed by atoms with E-state index in [1.807, 2.05) is 27.7 Å². The van der Waals surface area contributed by atoms with Crippen molar-refractivity contribution in [2.45, 2.75) is 46.3 Å². The Morgan fingerprint density at radius 1 is 1.35 bits per heavy atom. The molecule has 0 atom stereocenters. The van der Waals surface area contributed by atoms with Crippen molar-refractivity contribution in [1.29, 1.82) is 0 Å². The molecule has 6 heteroatoms. The van der Waals surface area contributed by atoms with E-state index >= 15 is 0 Å². The van der Waals surface area contributed by atoms with E-state index in [0.717, 1.165) is 0 Å². The zero-order chi connectivity index (χ0) is 15.1. The van der Waals surface area contributed by atoms with Gasteiger partial charge in [0.15, 0.2) is 0 Å². The third kappa shape index (κ3) is 5.77. The van der Waals surface area contributed by atoms with Crippen molar-refractivity contribution < 1.29 is 9.53 Å². The van der Waals surface area contributed by atoms with Crippen LogP contribution in [-0.4, -0.2) is 29.6 Å². The molecule has 0 unspecified atom stereocenters. The van der Waals surface area contributed by atoms with Gasteiger partial charge in [-0.2, -0.15) is 4.98 Å². The quantitative estimate of drug-likeness (QED) is 0.708. The normalized spacial score (nSPS) is 10.7. The summed E-state index contributed by atoms with van der Waals surface area (Å²) in [6.07, 6.45) is 0.404. The number of nitrogens with zero attached hydrogens (tertiary/aromatic N) is 1. The van der Waals surface area contributed by atoms with Crippen molar-refractivity contribution in [3.05, 3.63) is 12.1 Å². The Bertz CT molecular complexity index is 447. The number of ether oxygens (including phenoxy) is 1. The number of nitrogen functional groups attached to an aromatic ring is 1. The second kappa shape index (κ2) is 7.57. The zero-order valence-corrected chi connectivity index (χ0v) is 12.6. The van der Waals surface area contributed by atoms with E-state index in [9.17, 15) is 4.79 Å². The summed E-state index contributed by atoms with van der Waals surface area (Å²) in [7, 11) is 0. The summed E-state index contributed by atoms with van der Waals surface area (Å²) in [5, 5.41) is 5.91. The maximum atomic E-state index is 11.5. The highest BCUT2D eigenvalue weighted by Crippen LogP contribution is 2.21. The standard InChI is InChI=1S/C14H24N4O2/c1-9(2)17-13(19)7-8-16-12-6-5-11(15)14(18-12)20-10(3)4/h5-6,9-10H,7-8,15H2,1-4H3,(H,16,18)(H,17,19). The smallest absolute Gasteiger partial charge is 0.239 e. The van der Waals surface area contributed by atoms with Crippen molar-refractivity contribution in [2.75, 3.05) is 17.6 Å². The first-order chi connectivity index (χ1) is 9.38. The monoisotopic (exact) mass is 280 g/mol. The lowest BCUT2D eigenvalue weighted by Gasteiger charge is -2.13. The van der Waals surface area contributed by atoms with E-state index in [0.29, 0.717) is 30.4 Å². The van der Waals surface area contributed by atoms with Gasteiger partial charge in [-0.3, -0.25) is 4.79 Å². The molecule has 0 radical (unpaired) electrons.